The van der Waals surface area contributed by atoms with Crippen molar-refractivity contribution in [3.8, 4) is 0 Å². The normalized spacial score (nSPS) is 41.0. The average Bonchev–Trinajstić information content (AvgIpc) is 3.37. The maximum absolute atomic E-state index is 12.6. The van der Waals surface area contributed by atoms with Crippen LogP contribution in [0.2, 0.25) is 0 Å². The van der Waals surface area contributed by atoms with Crippen LogP contribution in [0.15, 0.2) is 0 Å². The van der Waals surface area contributed by atoms with Gasteiger partial charge in [0.15, 0.2) is 6.10 Å². The second-order valence-corrected chi connectivity index (χ2v) is 15.2. The molecule has 2 amide bonds. The van der Waals surface area contributed by atoms with Crippen LogP contribution in [0.4, 0.5) is 0 Å². The van der Waals surface area contributed by atoms with Gasteiger partial charge in [-0.25, -0.2) is 0 Å². The molecule has 4 aliphatic rings. The van der Waals surface area contributed by atoms with E-state index in [1.165, 1.54) is 0 Å². The third-order valence-electron chi connectivity index (χ3n) is 12.8. The van der Waals surface area contributed by atoms with E-state index in [1.807, 2.05) is 0 Å². The Balaban J connectivity index is 1.22. The first-order chi connectivity index (χ1) is 21.2. The predicted molar refractivity (Wildman–Crippen MR) is 164 cm³/mol. The number of hydrogen-bond acceptors (Lipinski definition) is 10. The number of carbonyl (C=O) groups is 2. The molecule has 45 heavy (non-hydrogen) atoms. The van der Waals surface area contributed by atoms with Crippen molar-refractivity contribution in [3.63, 3.8) is 0 Å². The summed E-state index contributed by atoms with van der Waals surface area (Å²) in [7, 11) is 0. The minimum Gasteiger partial charge on any atom is -0.394 e. The Morgan fingerprint density at radius 2 is 1.58 bits per heavy atom. The maximum Gasteiger partial charge on any atom is 0.251 e. The van der Waals surface area contributed by atoms with Crippen LogP contribution in [0.5, 0.6) is 0 Å². The summed E-state index contributed by atoms with van der Waals surface area (Å²) in [6.45, 7) is 6.25. The van der Waals surface area contributed by atoms with Crippen LogP contribution in [0, 0.1) is 46.3 Å². The molecule has 4 saturated carbocycles. The number of fused-ring (bicyclic) bond motifs is 5. The second kappa shape index (κ2) is 14.8. The minimum atomic E-state index is -1.99. The fourth-order valence-electron chi connectivity index (χ4n) is 10.1. The molecule has 10 N–H and O–H groups in total. The van der Waals surface area contributed by atoms with Gasteiger partial charge in [-0.1, -0.05) is 20.8 Å². The van der Waals surface area contributed by atoms with Crippen molar-refractivity contribution in [3.05, 3.63) is 0 Å². The van der Waals surface area contributed by atoms with E-state index in [4.69, 9.17) is 5.11 Å². The lowest BCUT2D eigenvalue weighted by atomic mass is 9.43. The molecule has 260 valence electrons. The van der Waals surface area contributed by atoms with Crippen LogP contribution in [0.3, 0.4) is 0 Å². The molecule has 4 rings (SSSR count). The molecule has 15 atom stereocenters. The second-order valence-electron chi connectivity index (χ2n) is 15.2. The van der Waals surface area contributed by atoms with Crippen molar-refractivity contribution >= 4 is 11.8 Å². The number of hydrogen-bond donors (Lipinski definition) is 10. The first kappa shape index (κ1) is 36.5. The van der Waals surface area contributed by atoms with E-state index in [-0.39, 0.29) is 71.4 Å². The minimum absolute atomic E-state index is 0.0312. The lowest BCUT2D eigenvalue weighted by Gasteiger charge is -2.63. The van der Waals surface area contributed by atoms with Gasteiger partial charge in [-0.2, -0.15) is 0 Å². The van der Waals surface area contributed by atoms with Crippen LogP contribution in [-0.4, -0.2) is 115 Å². The third kappa shape index (κ3) is 7.23. The van der Waals surface area contributed by atoms with Crippen LogP contribution in [0.25, 0.3) is 0 Å². The van der Waals surface area contributed by atoms with Gasteiger partial charge < -0.3 is 51.5 Å². The molecule has 0 aromatic rings. The predicted octanol–water partition coefficient (Wildman–Crippen LogP) is -0.577. The molecule has 0 saturated heterocycles. The number of rotatable bonds is 13. The highest BCUT2D eigenvalue weighted by Gasteiger charge is 2.65. The summed E-state index contributed by atoms with van der Waals surface area (Å²) >= 11 is 0. The molecule has 0 aromatic carbocycles. The maximum atomic E-state index is 12.6. The molecule has 0 aromatic heterocycles. The first-order valence-electron chi connectivity index (χ1n) is 17.1. The molecule has 4 fully saturated rings. The van der Waals surface area contributed by atoms with Crippen molar-refractivity contribution in [2.24, 2.45) is 46.3 Å². The molecule has 0 spiro atoms. The fraction of sp³-hybridized carbons (Fsp3) is 0.939. The summed E-state index contributed by atoms with van der Waals surface area (Å²) in [5.74, 6) is 0.293. The Morgan fingerprint density at radius 1 is 0.889 bits per heavy atom. The van der Waals surface area contributed by atoms with Gasteiger partial charge in [-0.05, 0) is 104 Å². The van der Waals surface area contributed by atoms with Crippen LogP contribution in [0.1, 0.15) is 85.0 Å². The van der Waals surface area contributed by atoms with Gasteiger partial charge in [0, 0.05) is 19.5 Å². The Labute approximate surface area is 266 Å². The van der Waals surface area contributed by atoms with Crippen LogP contribution < -0.4 is 10.6 Å². The number of nitrogens with one attached hydrogen (secondary N) is 2. The fourth-order valence-corrected chi connectivity index (χ4v) is 10.1. The van der Waals surface area contributed by atoms with Crippen molar-refractivity contribution in [1.29, 1.82) is 0 Å². The van der Waals surface area contributed by atoms with E-state index in [1.54, 1.807) is 0 Å². The Hall–Kier alpha value is -1.38. The summed E-state index contributed by atoms with van der Waals surface area (Å²) in [6.07, 6.45) is -1.58. The largest absolute Gasteiger partial charge is 0.394 e. The van der Waals surface area contributed by atoms with E-state index < -0.39 is 49.1 Å². The molecule has 0 aliphatic heterocycles. The van der Waals surface area contributed by atoms with Gasteiger partial charge in [-0.15, -0.1) is 0 Å². The van der Waals surface area contributed by atoms with Crippen molar-refractivity contribution in [2.45, 2.75) is 128 Å². The van der Waals surface area contributed by atoms with E-state index in [0.717, 1.165) is 38.5 Å². The zero-order valence-corrected chi connectivity index (χ0v) is 27.1. The Morgan fingerprint density at radius 3 is 2.27 bits per heavy atom. The lowest BCUT2D eigenvalue weighted by molar-refractivity contribution is -0.207. The molecule has 4 aliphatic carbocycles. The quantitative estimate of drug-likeness (QED) is 0.115. The molecule has 12 nitrogen and oxygen atoms in total. The Bertz CT molecular complexity index is 1020. The zero-order chi connectivity index (χ0) is 33.3. The highest BCUT2D eigenvalue weighted by molar-refractivity contribution is 5.81. The molecule has 0 radical (unpaired) electrons. The third-order valence-corrected chi connectivity index (χ3v) is 12.8. The molecular weight excluding hydrogens is 584 g/mol. The number of aliphatic hydroxyl groups excluding tert-OH is 8. The zero-order valence-electron chi connectivity index (χ0n) is 27.1. The summed E-state index contributed by atoms with van der Waals surface area (Å²) in [6, 6.07) is 0. The van der Waals surface area contributed by atoms with Crippen molar-refractivity contribution < 1.29 is 50.4 Å². The summed E-state index contributed by atoms with van der Waals surface area (Å²) < 4.78 is 0. The van der Waals surface area contributed by atoms with Crippen LogP contribution in [-0.2, 0) is 9.59 Å². The SMILES string of the molecule is C[C@H](CCC(=O)NCCCNC(=O)[C@H](O)[C@@H](O)[C@H](O)[C@H](O)CO)[C@H]1CC[C@H]2[C@@H]3[C@H](O)C[C@@H]4C[C@H](O)CC[C@]4(C)[C@H]3C[C@H](O)[C@]12C. The van der Waals surface area contributed by atoms with Crippen LogP contribution >= 0.6 is 0 Å². The van der Waals surface area contributed by atoms with E-state index in [2.05, 4.69) is 31.4 Å². The standard InChI is InChI=1S/C33H58N2O10/c1-17(5-8-26(41)34-11-4-12-35-31(45)30(44)29(43)28(42)24(39)16-36)20-6-7-21-27-22(15-25(40)33(20,21)3)32(2)10-9-19(37)13-18(32)14-23(27)38/h17-25,27-30,36-40,42-44H,4-16H2,1-3H3,(H,34,41)(H,35,45)/t17-,18+,19-,20-,21+,22+,23-,24-,25+,27+,28-,29+,30-,32+,33-/m1/s1. The molecule has 0 unspecified atom stereocenters. The summed E-state index contributed by atoms with van der Waals surface area (Å²) in [4.78, 5) is 24.7. The first-order valence-corrected chi connectivity index (χ1v) is 17.1. The molecule has 0 heterocycles. The Kier molecular flexibility index (Phi) is 12.0. The number of aliphatic hydroxyl groups is 8. The van der Waals surface area contributed by atoms with Crippen molar-refractivity contribution in [2.75, 3.05) is 19.7 Å². The van der Waals surface area contributed by atoms with Gasteiger partial charge in [0.2, 0.25) is 5.91 Å². The van der Waals surface area contributed by atoms with Gasteiger partial charge in [0.1, 0.15) is 18.3 Å². The lowest BCUT2D eigenvalue weighted by Crippen LogP contribution is -2.62. The molecule has 12 heteroatoms. The number of amides is 2. The topological polar surface area (TPSA) is 220 Å². The van der Waals surface area contributed by atoms with E-state index in [9.17, 15) is 45.3 Å². The highest BCUT2D eigenvalue weighted by Crippen LogP contribution is 2.68. The van der Waals surface area contributed by atoms with Crippen molar-refractivity contribution in [1.82, 2.24) is 10.6 Å². The van der Waals surface area contributed by atoms with E-state index in [0.29, 0.717) is 25.7 Å². The van der Waals surface area contributed by atoms with Gasteiger partial charge in [-0.3, -0.25) is 9.59 Å². The highest BCUT2D eigenvalue weighted by atomic mass is 16.4. The number of carbonyl (C=O) groups excluding carboxylic acids is 2. The molecule has 0 bridgehead atoms. The van der Waals surface area contributed by atoms with Gasteiger partial charge >= 0.3 is 0 Å². The van der Waals surface area contributed by atoms with Gasteiger partial charge in [0.25, 0.3) is 5.91 Å². The summed E-state index contributed by atoms with van der Waals surface area (Å²) in [5.41, 5.74) is -0.290. The summed E-state index contributed by atoms with van der Waals surface area (Å²) in [5, 5.41) is 86.3. The monoisotopic (exact) mass is 642 g/mol. The van der Waals surface area contributed by atoms with E-state index >= 15 is 0 Å². The molecular formula is C33H58N2O10. The smallest absolute Gasteiger partial charge is 0.251 e. The van der Waals surface area contributed by atoms with Gasteiger partial charge in [0.05, 0.1) is 24.9 Å². The average molecular weight is 643 g/mol.